The van der Waals surface area contributed by atoms with Gasteiger partial charge < -0.3 is 5.32 Å². The molecule has 0 radical (unpaired) electrons. The van der Waals surface area contributed by atoms with Crippen LogP contribution >= 0.6 is 0 Å². The zero-order valence-electron chi connectivity index (χ0n) is 8.47. The van der Waals surface area contributed by atoms with Crippen molar-refractivity contribution in [3.05, 3.63) is 29.3 Å². The Morgan fingerprint density at radius 3 is 3.00 bits per heavy atom. The van der Waals surface area contributed by atoms with Crippen LogP contribution in [0.25, 0.3) is 0 Å². The summed E-state index contributed by atoms with van der Waals surface area (Å²) in [6.45, 7) is 2.18. The monoisotopic (exact) mass is 189 g/mol. The molecule has 2 nitrogen and oxygen atoms in total. The van der Waals surface area contributed by atoms with Gasteiger partial charge in [0.1, 0.15) is 0 Å². The van der Waals surface area contributed by atoms with E-state index >= 15 is 0 Å². The van der Waals surface area contributed by atoms with Crippen molar-refractivity contribution in [1.29, 1.82) is 0 Å². The molecular formula is C12H15NO. The van der Waals surface area contributed by atoms with Gasteiger partial charge in [-0.1, -0.05) is 25.5 Å². The molecule has 0 aromatic heterocycles. The third-order valence-corrected chi connectivity index (χ3v) is 2.67. The van der Waals surface area contributed by atoms with E-state index in [4.69, 9.17) is 0 Å². The number of carbonyl (C=O) groups excluding carboxylic acids is 1. The van der Waals surface area contributed by atoms with E-state index in [0.29, 0.717) is 6.42 Å². The zero-order valence-corrected chi connectivity index (χ0v) is 8.47. The van der Waals surface area contributed by atoms with Crippen LogP contribution in [0.4, 0.5) is 5.69 Å². The molecule has 1 amide bonds. The lowest BCUT2D eigenvalue weighted by Crippen LogP contribution is -2.19. The van der Waals surface area contributed by atoms with Gasteiger partial charge in [-0.25, -0.2) is 0 Å². The Morgan fingerprint density at radius 2 is 2.21 bits per heavy atom. The molecule has 0 saturated heterocycles. The van der Waals surface area contributed by atoms with Crippen LogP contribution in [0.1, 0.15) is 30.9 Å². The third kappa shape index (κ3) is 1.65. The largest absolute Gasteiger partial charge is 0.326 e. The number of carbonyl (C=O) groups is 1. The quantitative estimate of drug-likeness (QED) is 0.761. The average Bonchev–Trinajstić information content (AvgIpc) is 2.18. The van der Waals surface area contributed by atoms with E-state index in [1.165, 1.54) is 11.1 Å². The van der Waals surface area contributed by atoms with Gasteiger partial charge in [0.2, 0.25) is 5.91 Å². The predicted octanol–water partition coefficient (Wildman–Crippen LogP) is 2.52. The van der Waals surface area contributed by atoms with Crippen LogP contribution in [0, 0.1) is 0 Å². The normalized spacial score (nSPS) is 14.8. The van der Waals surface area contributed by atoms with Crippen LogP contribution in [0.2, 0.25) is 0 Å². The molecule has 0 bridgehead atoms. The molecule has 1 N–H and O–H groups in total. The molecule has 14 heavy (non-hydrogen) atoms. The van der Waals surface area contributed by atoms with Gasteiger partial charge in [0, 0.05) is 12.1 Å². The molecule has 2 rings (SSSR count). The maximum Gasteiger partial charge on any atom is 0.224 e. The van der Waals surface area contributed by atoms with Gasteiger partial charge in [-0.2, -0.15) is 0 Å². The maximum absolute atomic E-state index is 11.2. The number of fused-ring (bicyclic) bond motifs is 1. The van der Waals surface area contributed by atoms with E-state index < -0.39 is 0 Å². The first-order valence-corrected chi connectivity index (χ1v) is 5.22. The van der Waals surface area contributed by atoms with E-state index in [-0.39, 0.29) is 5.91 Å². The number of nitrogens with one attached hydrogen (secondary N) is 1. The minimum absolute atomic E-state index is 0.145. The Kier molecular flexibility index (Phi) is 2.53. The Labute approximate surface area is 84.3 Å². The molecule has 0 spiro atoms. The summed E-state index contributed by atoms with van der Waals surface area (Å²) in [6, 6.07) is 6.18. The third-order valence-electron chi connectivity index (χ3n) is 2.67. The highest BCUT2D eigenvalue weighted by atomic mass is 16.1. The van der Waals surface area contributed by atoms with E-state index in [1.807, 2.05) is 12.1 Å². The molecule has 74 valence electrons. The number of benzene rings is 1. The number of rotatable bonds is 2. The Balaban J connectivity index is 2.36. The van der Waals surface area contributed by atoms with E-state index in [2.05, 4.69) is 18.3 Å². The van der Waals surface area contributed by atoms with Crippen LogP contribution in [-0.4, -0.2) is 5.91 Å². The summed E-state index contributed by atoms with van der Waals surface area (Å²) in [4.78, 5) is 11.2. The molecule has 0 unspecified atom stereocenters. The fraction of sp³-hybridized carbons (Fsp3) is 0.417. The van der Waals surface area contributed by atoms with E-state index in [9.17, 15) is 4.79 Å². The number of hydrogen-bond acceptors (Lipinski definition) is 1. The highest BCUT2D eigenvalue weighted by Crippen LogP contribution is 2.26. The predicted molar refractivity (Wildman–Crippen MR) is 57.4 cm³/mol. The topological polar surface area (TPSA) is 29.1 Å². The Bertz CT molecular complexity index is 357. The Hall–Kier alpha value is -1.31. The summed E-state index contributed by atoms with van der Waals surface area (Å²) in [5.74, 6) is 0.145. The van der Waals surface area contributed by atoms with Crippen LogP contribution < -0.4 is 5.32 Å². The molecule has 0 aliphatic carbocycles. The molecular weight excluding hydrogens is 174 g/mol. The molecule has 0 atom stereocenters. The van der Waals surface area contributed by atoms with E-state index in [0.717, 1.165) is 24.9 Å². The first-order valence-electron chi connectivity index (χ1n) is 5.22. The second kappa shape index (κ2) is 3.82. The molecule has 1 aliphatic rings. The van der Waals surface area contributed by atoms with Gasteiger partial charge in [-0.3, -0.25) is 4.79 Å². The molecule has 1 aromatic rings. The van der Waals surface area contributed by atoms with Crippen molar-refractivity contribution in [2.45, 2.75) is 32.6 Å². The first-order chi connectivity index (χ1) is 6.81. The van der Waals surface area contributed by atoms with Gasteiger partial charge in [0.25, 0.3) is 0 Å². The summed E-state index contributed by atoms with van der Waals surface area (Å²) < 4.78 is 0. The summed E-state index contributed by atoms with van der Waals surface area (Å²) in [7, 11) is 0. The highest BCUT2D eigenvalue weighted by Gasteiger charge is 2.16. The van der Waals surface area contributed by atoms with Crippen molar-refractivity contribution in [2.75, 3.05) is 5.32 Å². The van der Waals surface area contributed by atoms with Crippen molar-refractivity contribution < 1.29 is 4.79 Å². The minimum Gasteiger partial charge on any atom is -0.326 e. The highest BCUT2D eigenvalue weighted by molar-refractivity contribution is 5.94. The lowest BCUT2D eigenvalue weighted by atomic mass is 9.95. The van der Waals surface area contributed by atoms with Crippen molar-refractivity contribution in [2.24, 2.45) is 0 Å². The standard InChI is InChI=1S/C12H15NO/c1-2-4-9-5-3-6-11-10(9)7-8-12(14)13-11/h3,5-6H,2,4,7-8H2,1H3,(H,13,14). The van der Waals surface area contributed by atoms with Gasteiger partial charge in [-0.05, 0) is 30.0 Å². The van der Waals surface area contributed by atoms with Crippen molar-refractivity contribution in [3.8, 4) is 0 Å². The second-order valence-corrected chi connectivity index (χ2v) is 3.74. The SMILES string of the molecule is CCCc1cccc2c1CCC(=O)N2. The lowest BCUT2D eigenvalue weighted by molar-refractivity contribution is -0.116. The number of amides is 1. The van der Waals surface area contributed by atoms with Crippen molar-refractivity contribution >= 4 is 11.6 Å². The first kappa shape index (κ1) is 9.25. The molecule has 0 fully saturated rings. The smallest absolute Gasteiger partial charge is 0.224 e. The van der Waals surface area contributed by atoms with Gasteiger partial charge in [0.05, 0.1) is 0 Å². The summed E-state index contributed by atoms with van der Waals surface area (Å²) in [5, 5.41) is 2.92. The van der Waals surface area contributed by atoms with Gasteiger partial charge in [-0.15, -0.1) is 0 Å². The molecule has 1 heterocycles. The minimum atomic E-state index is 0.145. The summed E-state index contributed by atoms with van der Waals surface area (Å²) in [6.07, 6.45) is 3.80. The van der Waals surface area contributed by atoms with Crippen LogP contribution in [0.5, 0.6) is 0 Å². The Morgan fingerprint density at radius 1 is 1.36 bits per heavy atom. The maximum atomic E-state index is 11.2. The van der Waals surface area contributed by atoms with Crippen LogP contribution in [0.15, 0.2) is 18.2 Å². The molecule has 2 heteroatoms. The average molecular weight is 189 g/mol. The second-order valence-electron chi connectivity index (χ2n) is 3.74. The van der Waals surface area contributed by atoms with Crippen LogP contribution in [0.3, 0.4) is 0 Å². The molecule has 0 saturated carbocycles. The zero-order chi connectivity index (χ0) is 9.97. The fourth-order valence-corrected chi connectivity index (χ4v) is 2.00. The molecule has 1 aliphatic heterocycles. The van der Waals surface area contributed by atoms with Crippen molar-refractivity contribution in [3.63, 3.8) is 0 Å². The number of hydrogen-bond donors (Lipinski definition) is 1. The summed E-state index contributed by atoms with van der Waals surface area (Å²) in [5.41, 5.74) is 3.76. The lowest BCUT2D eigenvalue weighted by Gasteiger charge is -2.19. The fourth-order valence-electron chi connectivity index (χ4n) is 2.00. The van der Waals surface area contributed by atoms with Crippen molar-refractivity contribution in [1.82, 2.24) is 0 Å². The van der Waals surface area contributed by atoms with Gasteiger partial charge >= 0.3 is 0 Å². The van der Waals surface area contributed by atoms with Crippen LogP contribution in [-0.2, 0) is 17.6 Å². The number of anilines is 1. The van der Waals surface area contributed by atoms with Gasteiger partial charge in [0.15, 0.2) is 0 Å². The number of aryl methyl sites for hydroxylation is 1. The molecule has 1 aromatic carbocycles. The summed E-state index contributed by atoms with van der Waals surface area (Å²) >= 11 is 0. The van der Waals surface area contributed by atoms with E-state index in [1.54, 1.807) is 0 Å².